The van der Waals surface area contributed by atoms with Crippen molar-refractivity contribution in [1.29, 1.82) is 0 Å². The third kappa shape index (κ3) is 6.65. The first-order valence-corrected chi connectivity index (χ1v) is 9.49. The summed E-state index contributed by atoms with van der Waals surface area (Å²) in [6.45, 7) is 7.77. The van der Waals surface area contributed by atoms with Crippen LogP contribution in [0.1, 0.15) is 40.0 Å². The van der Waals surface area contributed by atoms with Gasteiger partial charge in [0, 0.05) is 24.3 Å². The second-order valence-electron chi connectivity index (χ2n) is 7.90. The summed E-state index contributed by atoms with van der Waals surface area (Å²) in [6, 6.07) is 5.42. The van der Waals surface area contributed by atoms with Crippen molar-refractivity contribution < 1.29 is 17.9 Å². The Balaban J connectivity index is 1.82. The smallest absolute Gasteiger partial charge is 0.406 e. The van der Waals surface area contributed by atoms with Gasteiger partial charge in [-0.3, -0.25) is 0 Å². The molecule has 10 heteroatoms. The van der Waals surface area contributed by atoms with Crippen molar-refractivity contribution in [3.8, 4) is 5.75 Å². The fourth-order valence-corrected chi connectivity index (χ4v) is 2.92. The monoisotopic (exact) mass is 410 g/mol. The Morgan fingerprint density at radius 3 is 2.10 bits per heavy atom. The second kappa shape index (κ2) is 8.30. The molecule has 7 nitrogen and oxygen atoms in total. The van der Waals surface area contributed by atoms with E-state index in [-0.39, 0.29) is 11.3 Å². The molecular formula is C19H25F3N6O. The molecule has 1 saturated heterocycles. The van der Waals surface area contributed by atoms with E-state index in [0.717, 1.165) is 25.9 Å². The quantitative estimate of drug-likeness (QED) is 0.739. The Kier molecular flexibility index (Phi) is 5.99. The highest BCUT2D eigenvalue weighted by atomic mass is 19.4. The van der Waals surface area contributed by atoms with Crippen molar-refractivity contribution in [3.05, 3.63) is 24.3 Å². The molecule has 1 aromatic heterocycles. The summed E-state index contributed by atoms with van der Waals surface area (Å²) in [4.78, 5) is 15.6. The van der Waals surface area contributed by atoms with E-state index in [4.69, 9.17) is 0 Å². The largest absolute Gasteiger partial charge is 0.573 e. The number of rotatable bonds is 5. The SMILES string of the molecule is CC(C)(C)Nc1nc(Nc2ccc(OC(F)(F)F)cc2)nc(N2CCCCC2)n1. The molecule has 1 aliphatic rings. The van der Waals surface area contributed by atoms with E-state index in [1.54, 1.807) is 0 Å². The fraction of sp³-hybridized carbons (Fsp3) is 0.526. The maximum atomic E-state index is 12.3. The lowest BCUT2D eigenvalue weighted by atomic mass is 10.1. The lowest BCUT2D eigenvalue weighted by molar-refractivity contribution is -0.274. The van der Waals surface area contributed by atoms with Crippen LogP contribution in [0.3, 0.4) is 0 Å². The van der Waals surface area contributed by atoms with Gasteiger partial charge in [0.1, 0.15) is 5.75 Å². The molecule has 2 N–H and O–H groups in total. The summed E-state index contributed by atoms with van der Waals surface area (Å²) in [6.07, 6.45) is -1.37. The average molecular weight is 410 g/mol. The molecule has 0 amide bonds. The molecule has 1 aliphatic heterocycles. The van der Waals surface area contributed by atoms with Gasteiger partial charge in [0.25, 0.3) is 0 Å². The van der Waals surface area contributed by atoms with Gasteiger partial charge in [-0.2, -0.15) is 15.0 Å². The van der Waals surface area contributed by atoms with Gasteiger partial charge in [-0.1, -0.05) is 0 Å². The summed E-state index contributed by atoms with van der Waals surface area (Å²) < 4.78 is 40.8. The Hall–Kier alpha value is -2.78. The van der Waals surface area contributed by atoms with Crippen molar-refractivity contribution in [2.24, 2.45) is 0 Å². The predicted octanol–water partition coefficient (Wildman–Crippen LogP) is 4.71. The zero-order valence-electron chi connectivity index (χ0n) is 16.7. The molecule has 2 aromatic rings. The number of aromatic nitrogens is 3. The zero-order valence-corrected chi connectivity index (χ0v) is 16.7. The number of anilines is 4. The summed E-state index contributed by atoms with van der Waals surface area (Å²) in [5.74, 6) is 1.04. The lowest BCUT2D eigenvalue weighted by Gasteiger charge is -2.28. The number of piperidine rings is 1. The van der Waals surface area contributed by atoms with Crippen LogP contribution in [0.25, 0.3) is 0 Å². The maximum absolute atomic E-state index is 12.3. The Morgan fingerprint density at radius 2 is 1.52 bits per heavy atom. The number of nitrogens with one attached hydrogen (secondary N) is 2. The topological polar surface area (TPSA) is 75.2 Å². The number of halogens is 3. The van der Waals surface area contributed by atoms with Gasteiger partial charge in [-0.15, -0.1) is 13.2 Å². The second-order valence-corrected chi connectivity index (χ2v) is 7.90. The normalized spacial score (nSPS) is 15.2. The van der Waals surface area contributed by atoms with Crippen molar-refractivity contribution >= 4 is 23.5 Å². The van der Waals surface area contributed by atoms with E-state index in [1.807, 2.05) is 20.8 Å². The minimum atomic E-state index is -4.72. The predicted molar refractivity (Wildman–Crippen MR) is 106 cm³/mol. The number of nitrogens with zero attached hydrogens (tertiary/aromatic N) is 4. The highest BCUT2D eigenvalue weighted by Crippen LogP contribution is 2.26. The van der Waals surface area contributed by atoms with Gasteiger partial charge in [-0.25, -0.2) is 0 Å². The summed E-state index contributed by atoms with van der Waals surface area (Å²) in [5.41, 5.74) is 0.297. The molecule has 3 rings (SSSR count). The first kappa shape index (κ1) is 20.9. The number of benzene rings is 1. The molecule has 0 atom stereocenters. The molecular weight excluding hydrogens is 385 g/mol. The van der Waals surface area contributed by atoms with Gasteiger partial charge in [0.05, 0.1) is 0 Å². The van der Waals surface area contributed by atoms with Crippen LogP contribution in [0.2, 0.25) is 0 Å². The molecule has 29 heavy (non-hydrogen) atoms. The number of alkyl halides is 3. The van der Waals surface area contributed by atoms with Crippen LogP contribution in [0.15, 0.2) is 24.3 Å². The van der Waals surface area contributed by atoms with Crippen LogP contribution in [0.5, 0.6) is 5.75 Å². The van der Waals surface area contributed by atoms with E-state index < -0.39 is 6.36 Å². The van der Waals surface area contributed by atoms with E-state index in [9.17, 15) is 13.2 Å². The van der Waals surface area contributed by atoms with Gasteiger partial charge >= 0.3 is 6.36 Å². The molecule has 0 bridgehead atoms. The highest BCUT2D eigenvalue weighted by Gasteiger charge is 2.31. The Labute approximate surface area is 167 Å². The van der Waals surface area contributed by atoms with Crippen LogP contribution in [-0.4, -0.2) is 39.9 Å². The summed E-state index contributed by atoms with van der Waals surface area (Å²) in [5, 5.41) is 6.28. The fourth-order valence-electron chi connectivity index (χ4n) is 2.92. The molecule has 158 valence electrons. The number of ether oxygens (including phenoxy) is 1. The van der Waals surface area contributed by atoms with Crippen LogP contribution in [0.4, 0.5) is 36.7 Å². The minimum absolute atomic E-state index is 0.242. The van der Waals surface area contributed by atoms with Crippen molar-refractivity contribution in [2.75, 3.05) is 28.6 Å². The van der Waals surface area contributed by atoms with Gasteiger partial charge < -0.3 is 20.3 Å². The van der Waals surface area contributed by atoms with Crippen LogP contribution < -0.4 is 20.3 Å². The van der Waals surface area contributed by atoms with Gasteiger partial charge in [-0.05, 0) is 64.3 Å². The van der Waals surface area contributed by atoms with E-state index >= 15 is 0 Å². The molecule has 2 heterocycles. The van der Waals surface area contributed by atoms with Crippen LogP contribution >= 0.6 is 0 Å². The molecule has 0 unspecified atom stereocenters. The highest BCUT2D eigenvalue weighted by molar-refractivity contribution is 5.57. The molecule has 1 aromatic carbocycles. The summed E-state index contributed by atoms with van der Waals surface area (Å²) >= 11 is 0. The van der Waals surface area contributed by atoms with Crippen LogP contribution in [0, 0.1) is 0 Å². The Morgan fingerprint density at radius 1 is 0.897 bits per heavy atom. The minimum Gasteiger partial charge on any atom is -0.406 e. The van der Waals surface area contributed by atoms with E-state index in [0.29, 0.717) is 23.5 Å². The molecule has 0 spiro atoms. The van der Waals surface area contributed by atoms with Crippen molar-refractivity contribution in [2.45, 2.75) is 51.9 Å². The van der Waals surface area contributed by atoms with Crippen LogP contribution in [-0.2, 0) is 0 Å². The van der Waals surface area contributed by atoms with E-state index in [1.165, 1.54) is 30.7 Å². The first-order chi connectivity index (χ1) is 13.6. The molecule has 0 aliphatic carbocycles. The van der Waals surface area contributed by atoms with Gasteiger partial charge in [0.2, 0.25) is 17.8 Å². The number of hydrogen-bond acceptors (Lipinski definition) is 7. The standard InChI is InChI=1S/C19H25F3N6O/c1-18(2,3)27-16-24-15(25-17(26-16)28-11-5-4-6-12-28)23-13-7-9-14(10-8-13)29-19(20,21)22/h7-10H,4-6,11-12H2,1-3H3,(H2,23,24,25,26,27). The maximum Gasteiger partial charge on any atom is 0.573 e. The molecule has 0 saturated carbocycles. The van der Waals surface area contributed by atoms with Crippen molar-refractivity contribution in [1.82, 2.24) is 15.0 Å². The van der Waals surface area contributed by atoms with E-state index in [2.05, 4.69) is 35.2 Å². The van der Waals surface area contributed by atoms with Crippen molar-refractivity contribution in [3.63, 3.8) is 0 Å². The lowest BCUT2D eigenvalue weighted by Crippen LogP contribution is -2.33. The number of hydrogen-bond donors (Lipinski definition) is 2. The average Bonchev–Trinajstić information content (AvgIpc) is 2.61. The van der Waals surface area contributed by atoms with Gasteiger partial charge in [0.15, 0.2) is 0 Å². The molecule has 1 fully saturated rings. The zero-order chi connectivity index (χ0) is 21.1. The third-order valence-corrected chi connectivity index (χ3v) is 4.09. The molecule has 0 radical (unpaired) electrons. The summed E-state index contributed by atoms with van der Waals surface area (Å²) in [7, 11) is 0. The Bertz CT molecular complexity index is 814. The first-order valence-electron chi connectivity index (χ1n) is 9.49. The third-order valence-electron chi connectivity index (χ3n) is 4.09.